The van der Waals surface area contributed by atoms with E-state index in [2.05, 4.69) is 15.2 Å². The molecule has 0 unspecified atom stereocenters. The monoisotopic (exact) mass is 449 g/mol. The molecule has 1 aliphatic heterocycles. The van der Waals surface area contributed by atoms with Gasteiger partial charge < -0.3 is 14.4 Å². The van der Waals surface area contributed by atoms with Crippen LogP contribution in [0, 0.1) is 6.92 Å². The molecular weight excluding hydrogens is 427 g/mol. The fourth-order valence-corrected chi connectivity index (χ4v) is 3.93. The lowest BCUT2D eigenvalue weighted by Gasteiger charge is -2.37. The van der Waals surface area contributed by atoms with Crippen LogP contribution < -0.4 is 0 Å². The number of amides is 1. The van der Waals surface area contributed by atoms with Crippen LogP contribution in [0.4, 0.5) is 13.2 Å². The summed E-state index contributed by atoms with van der Waals surface area (Å²) < 4.78 is 44.3. The number of benzene rings is 1. The molecule has 3 heterocycles. The molecule has 3 atom stereocenters. The molecule has 1 aromatic carbocycles. The number of rotatable bonds is 4. The van der Waals surface area contributed by atoms with Crippen LogP contribution in [-0.2, 0) is 0 Å². The SMILES string of the molecule is Cc1oc([C@@H]2CC[C@@H](C)N(C(=O)c3ccccc3-n3nccn3)C2)nc1[C@H](O)C(F)(F)F. The van der Waals surface area contributed by atoms with Crippen LogP contribution in [0.2, 0.25) is 0 Å². The first kappa shape index (κ1) is 22.0. The molecule has 1 N–H and O–H groups in total. The van der Waals surface area contributed by atoms with Gasteiger partial charge in [-0.15, -0.1) is 0 Å². The lowest BCUT2D eigenvalue weighted by atomic mass is 9.92. The van der Waals surface area contributed by atoms with Crippen molar-refractivity contribution in [3.63, 3.8) is 0 Å². The number of hydrogen-bond acceptors (Lipinski definition) is 6. The third kappa shape index (κ3) is 4.12. The molecule has 32 heavy (non-hydrogen) atoms. The topological polar surface area (TPSA) is 97.3 Å². The van der Waals surface area contributed by atoms with E-state index in [4.69, 9.17) is 4.42 Å². The Morgan fingerprint density at radius 2 is 1.91 bits per heavy atom. The second-order valence-electron chi connectivity index (χ2n) is 7.85. The number of hydrogen-bond donors (Lipinski definition) is 1. The minimum Gasteiger partial charge on any atom is -0.445 e. The number of piperidine rings is 1. The van der Waals surface area contributed by atoms with Gasteiger partial charge in [-0.25, -0.2) is 4.98 Å². The van der Waals surface area contributed by atoms with Crippen LogP contribution in [0.3, 0.4) is 0 Å². The number of nitrogens with zero attached hydrogens (tertiary/aromatic N) is 5. The van der Waals surface area contributed by atoms with Gasteiger partial charge in [0.05, 0.1) is 29.6 Å². The van der Waals surface area contributed by atoms with Crippen molar-refractivity contribution in [2.24, 2.45) is 0 Å². The number of halogens is 3. The van der Waals surface area contributed by atoms with Gasteiger partial charge in [0, 0.05) is 12.6 Å². The van der Waals surface area contributed by atoms with Crippen molar-refractivity contribution in [2.45, 2.75) is 50.9 Å². The molecule has 8 nitrogen and oxygen atoms in total. The Morgan fingerprint density at radius 3 is 2.59 bits per heavy atom. The van der Waals surface area contributed by atoms with Gasteiger partial charge in [-0.3, -0.25) is 4.79 Å². The normalized spacial score (nSPS) is 20.4. The van der Waals surface area contributed by atoms with E-state index in [1.165, 1.54) is 24.1 Å². The lowest BCUT2D eigenvalue weighted by molar-refractivity contribution is -0.208. The number of aryl methyl sites for hydroxylation is 1. The summed E-state index contributed by atoms with van der Waals surface area (Å²) in [4.78, 5) is 20.4. The highest BCUT2D eigenvalue weighted by molar-refractivity contribution is 5.98. The van der Waals surface area contributed by atoms with Crippen LogP contribution >= 0.6 is 0 Å². The zero-order valence-electron chi connectivity index (χ0n) is 17.5. The highest BCUT2D eigenvalue weighted by atomic mass is 19.4. The van der Waals surface area contributed by atoms with Crippen molar-refractivity contribution in [2.75, 3.05) is 6.54 Å². The number of likely N-dealkylation sites (tertiary alicyclic amines) is 1. The van der Waals surface area contributed by atoms with Crippen molar-refractivity contribution >= 4 is 5.91 Å². The second kappa shape index (κ2) is 8.38. The van der Waals surface area contributed by atoms with Gasteiger partial charge in [0.15, 0.2) is 12.0 Å². The van der Waals surface area contributed by atoms with Gasteiger partial charge in [-0.1, -0.05) is 12.1 Å². The summed E-state index contributed by atoms with van der Waals surface area (Å²) in [5, 5.41) is 17.8. The quantitative estimate of drug-likeness (QED) is 0.654. The van der Waals surface area contributed by atoms with Gasteiger partial charge in [0.2, 0.25) is 0 Å². The zero-order valence-corrected chi connectivity index (χ0v) is 17.5. The summed E-state index contributed by atoms with van der Waals surface area (Å²) in [6.07, 6.45) is -3.32. The van der Waals surface area contributed by atoms with Crippen LogP contribution in [0.1, 0.15) is 59.5 Å². The number of carbonyl (C=O) groups is 1. The Labute approximate surface area is 181 Å². The number of alkyl halides is 3. The predicted octanol–water partition coefficient (Wildman–Crippen LogP) is 3.57. The zero-order chi connectivity index (χ0) is 23.0. The molecule has 0 aliphatic carbocycles. The summed E-state index contributed by atoms with van der Waals surface area (Å²) in [5.74, 6) is -0.629. The summed E-state index contributed by atoms with van der Waals surface area (Å²) in [7, 11) is 0. The van der Waals surface area contributed by atoms with Crippen molar-refractivity contribution < 1.29 is 27.5 Å². The van der Waals surface area contributed by atoms with E-state index in [0.717, 1.165) is 0 Å². The molecule has 11 heteroatoms. The highest BCUT2D eigenvalue weighted by Gasteiger charge is 2.43. The van der Waals surface area contributed by atoms with Crippen LogP contribution in [0.5, 0.6) is 0 Å². The second-order valence-corrected chi connectivity index (χ2v) is 7.85. The van der Waals surface area contributed by atoms with Gasteiger partial charge in [0.1, 0.15) is 11.5 Å². The van der Waals surface area contributed by atoms with Gasteiger partial charge in [-0.05, 0) is 38.8 Å². The Balaban J connectivity index is 1.60. The fourth-order valence-electron chi connectivity index (χ4n) is 3.93. The molecule has 0 radical (unpaired) electrons. The average Bonchev–Trinajstić information content (AvgIpc) is 3.42. The molecule has 1 saturated heterocycles. The number of aromatic nitrogens is 4. The molecule has 0 saturated carbocycles. The number of para-hydroxylation sites is 1. The maximum atomic E-state index is 13.4. The standard InChI is InChI=1S/C21H22F3N5O3/c1-12-7-8-14(19-27-17(13(2)32-19)18(30)21(22,23)24)11-28(12)20(31)15-5-3-4-6-16(15)29-25-9-10-26-29/h3-6,9-10,12,14,18,30H,7-8,11H2,1-2H3/t12-,14-,18+/m1/s1. The minimum atomic E-state index is -4.84. The smallest absolute Gasteiger partial charge is 0.420 e. The molecule has 2 aromatic heterocycles. The van der Waals surface area contributed by atoms with Gasteiger partial charge >= 0.3 is 6.18 Å². The minimum absolute atomic E-state index is 0.0866. The predicted molar refractivity (Wildman–Crippen MR) is 106 cm³/mol. The molecule has 0 bridgehead atoms. The van der Waals surface area contributed by atoms with Crippen molar-refractivity contribution in [1.29, 1.82) is 0 Å². The summed E-state index contributed by atoms with van der Waals surface area (Å²) in [6, 6.07) is 6.86. The first-order valence-corrected chi connectivity index (χ1v) is 10.2. The van der Waals surface area contributed by atoms with E-state index >= 15 is 0 Å². The Bertz CT molecular complexity index is 1100. The van der Waals surface area contributed by atoms with E-state index in [0.29, 0.717) is 24.1 Å². The van der Waals surface area contributed by atoms with E-state index in [9.17, 15) is 23.1 Å². The third-order valence-corrected chi connectivity index (χ3v) is 5.68. The highest BCUT2D eigenvalue weighted by Crippen LogP contribution is 2.37. The molecule has 4 rings (SSSR count). The molecule has 0 spiro atoms. The maximum Gasteiger partial charge on any atom is 0.420 e. The summed E-state index contributed by atoms with van der Waals surface area (Å²) in [6.45, 7) is 3.48. The van der Waals surface area contributed by atoms with Crippen molar-refractivity contribution in [3.8, 4) is 5.69 Å². The Hall–Kier alpha value is -3.21. The van der Waals surface area contributed by atoms with Crippen molar-refractivity contribution in [1.82, 2.24) is 24.9 Å². The first-order chi connectivity index (χ1) is 15.2. The molecular formula is C21H22F3N5O3. The number of carbonyl (C=O) groups excluding carboxylic acids is 1. The number of aliphatic hydroxyl groups is 1. The first-order valence-electron chi connectivity index (χ1n) is 10.2. The molecule has 1 aliphatic rings. The Kier molecular flexibility index (Phi) is 5.76. The molecule has 3 aromatic rings. The van der Waals surface area contributed by atoms with Crippen LogP contribution in [-0.4, -0.2) is 54.7 Å². The molecule has 1 amide bonds. The van der Waals surface area contributed by atoms with Crippen molar-refractivity contribution in [3.05, 3.63) is 59.6 Å². The van der Waals surface area contributed by atoms with Gasteiger partial charge in [0.25, 0.3) is 5.91 Å². The third-order valence-electron chi connectivity index (χ3n) is 5.68. The van der Waals surface area contributed by atoms with Crippen LogP contribution in [0.15, 0.2) is 41.1 Å². The molecule has 1 fully saturated rings. The lowest BCUT2D eigenvalue weighted by Crippen LogP contribution is -2.45. The largest absolute Gasteiger partial charge is 0.445 e. The number of oxazole rings is 1. The van der Waals surface area contributed by atoms with Gasteiger partial charge in [-0.2, -0.15) is 28.2 Å². The average molecular weight is 449 g/mol. The summed E-state index contributed by atoms with van der Waals surface area (Å²) in [5.41, 5.74) is 0.395. The van der Waals surface area contributed by atoms with E-state index in [-0.39, 0.29) is 30.1 Å². The van der Waals surface area contributed by atoms with E-state index in [1.807, 2.05) is 6.92 Å². The fraction of sp³-hybridized carbons (Fsp3) is 0.429. The van der Waals surface area contributed by atoms with Crippen LogP contribution in [0.25, 0.3) is 5.69 Å². The molecule has 170 valence electrons. The summed E-state index contributed by atoms with van der Waals surface area (Å²) >= 11 is 0. The maximum absolute atomic E-state index is 13.4. The number of aliphatic hydroxyl groups excluding tert-OH is 1. The van der Waals surface area contributed by atoms with E-state index < -0.39 is 23.9 Å². The van der Waals surface area contributed by atoms with E-state index in [1.54, 1.807) is 29.2 Å². The Morgan fingerprint density at radius 1 is 1.22 bits per heavy atom.